The monoisotopic (exact) mass is 411 g/mol. The average molecular weight is 411 g/mol. The van der Waals surface area contributed by atoms with E-state index in [0.29, 0.717) is 18.2 Å². The van der Waals surface area contributed by atoms with E-state index in [4.69, 9.17) is 9.26 Å². The molecule has 8 heteroatoms. The Hall–Kier alpha value is -2.87. The molecule has 3 aromatic rings. The maximum atomic E-state index is 12.1. The van der Waals surface area contributed by atoms with E-state index in [1.807, 2.05) is 13.0 Å². The number of aromatic nitrogens is 3. The maximum Gasteiger partial charge on any atom is 0.438 e. The smallest absolute Gasteiger partial charge is 0.438 e. The molecule has 8 nitrogen and oxygen atoms in total. The van der Waals surface area contributed by atoms with E-state index >= 15 is 0 Å². The zero-order valence-corrected chi connectivity index (χ0v) is 17.3. The molecule has 3 heterocycles. The molecule has 2 fully saturated rings. The molecule has 30 heavy (non-hydrogen) atoms. The van der Waals surface area contributed by atoms with Gasteiger partial charge in [-0.15, -0.1) is 0 Å². The highest BCUT2D eigenvalue weighted by Crippen LogP contribution is 2.55. The van der Waals surface area contributed by atoms with Crippen LogP contribution in [0.25, 0.3) is 10.9 Å². The Morgan fingerprint density at radius 3 is 2.67 bits per heavy atom. The van der Waals surface area contributed by atoms with Crippen LogP contribution in [-0.4, -0.2) is 38.0 Å². The molecule has 0 spiro atoms. The van der Waals surface area contributed by atoms with Crippen molar-refractivity contribution in [1.29, 1.82) is 0 Å². The lowest BCUT2D eigenvalue weighted by atomic mass is 9.83. The van der Waals surface area contributed by atoms with Gasteiger partial charge in [-0.2, -0.15) is 0 Å². The van der Waals surface area contributed by atoms with Gasteiger partial charge in [0, 0.05) is 17.5 Å². The van der Waals surface area contributed by atoms with Crippen LogP contribution in [0.5, 0.6) is 0 Å². The van der Waals surface area contributed by atoms with Gasteiger partial charge in [-0.25, -0.2) is 9.59 Å². The molecule has 1 saturated carbocycles. The van der Waals surface area contributed by atoms with Crippen molar-refractivity contribution >= 4 is 16.9 Å². The number of fused-ring (bicyclic) bond motifs is 1. The predicted octanol–water partition coefficient (Wildman–Crippen LogP) is 3.47. The molecule has 5 rings (SSSR count). The summed E-state index contributed by atoms with van der Waals surface area (Å²) in [6.07, 6.45) is 2.55. The molecule has 3 atom stereocenters. The van der Waals surface area contributed by atoms with Gasteiger partial charge >= 0.3 is 11.7 Å². The first kappa shape index (κ1) is 19.1. The summed E-state index contributed by atoms with van der Waals surface area (Å²) >= 11 is 0. The Morgan fingerprint density at radius 1 is 1.30 bits per heavy atom. The molecule has 2 aliphatic rings. The molecule has 0 radical (unpaired) electrons. The van der Waals surface area contributed by atoms with Gasteiger partial charge in [0.2, 0.25) is 0 Å². The summed E-state index contributed by atoms with van der Waals surface area (Å²) in [5.74, 6) is -0.792. The molecule has 0 bridgehead atoms. The molecule has 2 N–H and O–H groups in total. The van der Waals surface area contributed by atoms with E-state index in [9.17, 15) is 14.7 Å². The summed E-state index contributed by atoms with van der Waals surface area (Å²) in [6.45, 7) is 6.95. The van der Waals surface area contributed by atoms with Crippen molar-refractivity contribution in [2.45, 2.75) is 57.1 Å². The zero-order valence-electron chi connectivity index (χ0n) is 17.3. The minimum Gasteiger partial charge on any atom is -0.477 e. The lowest BCUT2D eigenvalue weighted by molar-refractivity contribution is -0.0592. The number of ether oxygens (including phenoxy) is 1. The van der Waals surface area contributed by atoms with Crippen LogP contribution < -0.4 is 5.76 Å². The fourth-order valence-corrected chi connectivity index (χ4v) is 5.16. The molecule has 2 aromatic heterocycles. The van der Waals surface area contributed by atoms with Crippen molar-refractivity contribution in [3.63, 3.8) is 0 Å². The second-order valence-electron chi connectivity index (χ2n) is 9.26. The average Bonchev–Trinajstić information content (AvgIpc) is 3.03. The Balaban J connectivity index is 1.65. The second kappa shape index (κ2) is 6.31. The summed E-state index contributed by atoms with van der Waals surface area (Å²) in [7, 11) is 0. The van der Waals surface area contributed by atoms with Crippen molar-refractivity contribution < 1.29 is 19.2 Å². The number of benzene rings is 1. The molecule has 1 aliphatic carbocycles. The molecule has 1 aromatic carbocycles. The van der Waals surface area contributed by atoms with Crippen molar-refractivity contribution in [1.82, 2.24) is 14.7 Å². The quantitative estimate of drug-likeness (QED) is 0.680. The summed E-state index contributed by atoms with van der Waals surface area (Å²) in [6, 6.07) is 7.89. The Kier molecular flexibility index (Phi) is 4.02. The van der Waals surface area contributed by atoms with E-state index < -0.39 is 17.3 Å². The Morgan fingerprint density at radius 2 is 2.07 bits per heavy atom. The largest absolute Gasteiger partial charge is 0.477 e. The number of aromatic amines is 1. The van der Waals surface area contributed by atoms with Crippen molar-refractivity contribution in [2.24, 2.45) is 5.92 Å². The number of nitrogens with one attached hydrogen (secondary N) is 1. The molecule has 1 aliphatic heterocycles. The van der Waals surface area contributed by atoms with Gasteiger partial charge in [-0.05, 0) is 68.7 Å². The fourth-order valence-electron chi connectivity index (χ4n) is 5.16. The van der Waals surface area contributed by atoms with Gasteiger partial charge in [0.25, 0.3) is 0 Å². The van der Waals surface area contributed by atoms with Crippen LogP contribution in [0.1, 0.15) is 67.8 Å². The number of nitrogens with zero attached hydrogens (tertiary/aromatic N) is 2. The molecular weight excluding hydrogens is 386 g/mol. The van der Waals surface area contributed by atoms with E-state index in [1.165, 1.54) is 5.56 Å². The first-order valence-corrected chi connectivity index (χ1v) is 10.3. The van der Waals surface area contributed by atoms with Gasteiger partial charge in [-0.1, -0.05) is 18.1 Å². The van der Waals surface area contributed by atoms with Gasteiger partial charge in [-0.3, -0.25) is 9.51 Å². The van der Waals surface area contributed by atoms with Gasteiger partial charge < -0.3 is 14.4 Å². The van der Waals surface area contributed by atoms with Crippen LogP contribution in [0.15, 0.2) is 33.6 Å². The molecule has 0 amide bonds. The maximum absolute atomic E-state index is 12.1. The topological polar surface area (TPSA) is 110 Å². The standard InChI is InChI=1S/C22H25N3O5/c1-12-10-22(12,19-23-20(28)30-24-19)25-16-5-4-13(8-15(16)9-17(25)18(26)27)14-6-7-29-21(2,3)11-14/h4-5,8-9,12,14H,6-7,10-11H2,1-3H3,(H,26,27)(H,23,24,28)/t12-,14-,22-/m0/s1. The predicted molar refractivity (Wildman–Crippen MR) is 109 cm³/mol. The van der Waals surface area contributed by atoms with Crippen LogP contribution >= 0.6 is 0 Å². The molecule has 0 unspecified atom stereocenters. The van der Waals surface area contributed by atoms with Crippen molar-refractivity contribution in [2.75, 3.05) is 6.61 Å². The minimum absolute atomic E-state index is 0.114. The van der Waals surface area contributed by atoms with E-state index in [2.05, 4.69) is 36.1 Å². The highest BCUT2D eigenvalue weighted by molar-refractivity contribution is 5.95. The highest BCUT2D eigenvalue weighted by Gasteiger charge is 2.59. The third kappa shape index (κ3) is 2.81. The number of aromatic carboxylic acids is 1. The molecule has 158 valence electrons. The number of carboxylic acids is 1. The summed E-state index contributed by atoms with van der Waals surface area (Å²) < 4.78 is 12.4. The zero-order chi connectivity index (χ0) is 21.3. The minimum atomic E-state index is -1.01. The first-order chi connectivity index (χ1) is 14.2. The summed E-state index contributed by atoms with van der Waals surface area (Å²) in [5, 5.41) is 14.7. The second-order valence-corrected chi connectivity index (χ2v) is 9.26. The van der Waals surface area contributed by atoms with Gasteiger partial charge in [0.1, 0.15) is 11.2 Å². The first-order valence-electron chi connectivity index (χ1n) is 10.3. The van der Waals surface area contributed by atoms with E-state index in [0.717, 1.165) is 30.4 Å². The van der Waals surface area contributed by atoms with Gasteiger partial charge in [0.05, 0.1) is 5.60 Å². The molecule has 1 saturated heterocycles. The SMILES string of the molecule is C[C@H]1C[C@]1(c1noc(=O)[nH]1)n1c(C(=O)O)cc2cc([C@H]3CCOC(C)(C)C3)ccc21. The van der Waals surface area contributed by atoms with Crippen molar-refractivity contribution in [3.8, 4) is 0 Å². The lowest BCUT2D eigenvalue weighted by Gasteiger charge is -2.35. The van der Waals surface area contributed by atoms with Crippen LogP contribution in [0.2, 0.25) is 0 Å². The van der Waals surface area contributed by atoms with Crippen LogP contribution in [0.4, 0.5) is 0 Å². The number of carboxylic acid groups (broad SMARTS) is 1. The number of carbonyl (C=O) groups is 1. The normalized spacial score (nSPS) is 28.0. The van der Waals surface area contributed by atoms with Crippen molar-refractivity contribution in [3.05, 3.63) is 51.9 Å². The van der Waals surface area contributed by atoms with Gasteiger partial charge in [0.15, 0.2) is 5.82 Å². The molecular formula is C22H25N3O5. The Bertz CT molecular complexity index is 1200. The number of hydrogen-bond donors (Lipinski definition) is 2. The highest BCUT2D eigenvalue weighted by atomic mass is 16.5. The van der Waals surface area contributed by atoms with Crippen LogP contribution in [-0.2, 0) is 10.3 Å². The Labute approximate surface area is 172 Å². The third-order valence-electron chi connectivity index (χ3n) is 6.74. The summed E-state index contributed by atoms with van der Waals surface area (Å²) in [5.41, 5.74) is 1.31. The number of H-pyrrole nitrogens is 1. The van der Waals surface area contributed by atoms with E-state index in [1.54, 1.807) is 10.6 Å². The van der Waals surface area contributed by atoms with E-state index in [-0.39, 0.29) is 17.2 Å². The van der Waals surface area contributed by atoms with Crippen LogP contribution in [0.3, 0.4) is 0 Å². The number of rotatable bonds is 4. The fraction of sp³-hybridized carbons (Fsp3) is 0.500. The number of hydrogen-bond acceptors (Lipinski definition) is 5. The third-order valence-corrected chi connectivity index (χ3v) is 6.74. The summed E-state index contributed by atoms with van der Waals surface area (Å²) in [4.78, 5) is 26.3. The van der Waals surface area contributed by atoms with Crippen LogP contribution in [0, 0.1) is 5.92 Å². The lowest BCUT2D eigenvalue weighted by Crippen LogP contribution is -2.32.